The van der Waals surface area contributed by atoms with Crippen molar-refractivity contribution in [1.29, 1.82) is 0 Å². The van der Waals surface area contributed by atoms with Crippen molar-refractivity contribution >= 4 is 77.1 Å². The van der Waals surface area contributed by atoms with E-state index in [1.165, 1.54) is 6.42 Å². The van der Waals surface area contributed by atoms with Crippen LogP contribution in [0, 0.1) is 47.3 Å². The van der Waals surface area contributed by atoms with Gasteiger partial charge < -0.3 is 45.9 Å². The fourth-order valence-electron chi connectivity index (χ4n) is 10.9. The predicted molar refractivity (Wildman–Crippen MR) is 240 cm³/mol. The van der Waals surface area contributed by atoms with Crippen molar-refractivity contribution in [3.05, 3.63) is 0 Å². The molecule has 8 rings (SSSR count). The van der Waals surface area contributed by atoms with E-state index in [1.807, 2.05) is 0 Å². The Hall–Kier alpha value is 1.51. The summed E-state index contributed by atoms with van der Waals surface area (Å²) < 4.78 is 87.4. The second-order valence-electron chi connectivity index (χ2n) is 22.0. The maximum Gasteiger partial charge on any atom is 0.477 e. The van der Waals surface area contributed by atoms with Crippen LogP contribution in [0.15, 0.2) is 0 Å². The van der Waals surface area contributed by atoms with E-state index in [0.29, 0.717) is 65.7 Å². The summed E-state index contributed by atoms with van der Waals surface area (Å²) in [4.78, 5) is 0. The molecule has 0 N–H and O–H groups in total. The van der Waals surface area contributed by atoms with Crippen LogP contribution in [0.5, 0.6) is 0 Å². The standard InChI is InChI=1S/C37H78O11Si9/c1-28(2)20-51-27-50(18-17-35-15-16-36-37(19-35)38-36)39-52(21-29(3)4)43-54(41-51,23-31(7)8)47-57(26-34(13)14)48-55(44-52,24-32(9)10)45-53(40-50,22-30(5)6)46-56(42-51,49-57)25-33(11)12/h28-37H,15-27H2,1-14H3. The lowest BCUT2D eigenvalue weighted by Gasteiger charge is -2.65. The van der Waals surface area contributed by atoms with E-state index in [9.17, 15) is 0 Å². The average Bonchev–Trinajstić information content (AvgIpc) is 3.72. The van der Waals surface area contributed by atoms with Crippen LogP contribution in [-0.4, -0.2) is 89.3 Å². The summed E-state index contributed by atoms with van der Waals surface area (Å²) in [6, 6.07) is 5.88. The Labute approximate surface area is 357 Å². The van der Waals surface area contributed by atoms with Crippen LogP contribution in [0.25, 0.3) is 0 Å². The lowest BCUT2D eigenvalue weighted by atomic mass is 9.88. The second-order valence-corrected chi connectivity index (χ2v) is 54.9. The molecule has 8 bridgehead atoms. The number of hydrogen-bond donors (Lipinski definition) is 0. The molecule has 0 aromatic heterocycles. The summed E-state index contributed by atoms with van der Waals surface area (Å²) in [5.41, 5.74) is 0.693. The molecule has 0 amide bonds. The largest absolute Gasteiger partial charge is 0.477 e. The quantitative estimate of drug-likeness (QED) is 0.103. The highest BCUT2D eigenvalue weighted by Gasteiger charge is 2.81. The van der Waals surface area contributed by atoms with Crippen LogP contribution in [0.2, 0.25) is 54.0 Å². The van der Waals surface area contributed by atoms with E-state index in [0.717, 1.165) is 43.4 Å². The molecule has 8 aliphatic rings. The second kappa shape index (κ2) is 16.8. The third-order valence-electron chi connectivity index (χ3n) is 11.9. The molecule has 0 spiro atoms. The van der Waals surface area contributed by atoms with Gasteiger partial charge >= 0.3 is 52.3 Å². The summed E-state index contributed by atoms with van der Waals surface area (Å²) in [7, 11) is -27.6. The zero-order valence-electron chi connectivity index (χ0n) is 38.0. The minimum Gasteiger partial charge on any atom is -0.418 e. The Morgan fingerprint density at radius 3 is 1.26 bits per heavy atom. The van der Waals surface area contributed by atoms with E-state index in [1.54, 1.807) is 0 Å². The molecule has 328 valence electrons. The molecule has 57 heavy (non-hydrogen) atoms. The van der Waals surface area contributed by atoms with Crippen molar-refractivity contribution in [2.45, 2.75) is 189 Å². The number of hydrogen-bond acceptors (Lipinski definition) is 11. The normalized spacial score (nSPS) is 45.3. The Kier molecular flexibility index (Phi) is 13.7. The van der Waals surface area contributed by atoms with E-state index in [2.05, 4.69) is 96.9 Å². The highest BCUT2D eigenvalue weighted by atomic mass is 29.6. The lowest BCUT2D eigenvalue weighted by molar-refractivity contribution is 0.0428. The minimum absolute atomic E-state index is 0.231. The minimum atomic E-state index is -3.72. The van der Waals surface area contributed by atoms with Crippen LogP contribution in [-0.2, 0) is 45.9 Å². The van der Waals surface area contributed by atoms with E-state index in [-0.39, 0.29) is 32.2 Å². The van der Waals surface area contributed by atoms with Crippen molar-refractivity contribution < 1.29 is 45.9 Å². The van der Waals surface area contributed by atoms with Gasteiger partial charge in [-0.15, -0.1) is 0 Å². The first-order valence-corrected chi connectivity index (χ1v) is 42.1. The Balaban J connectivity index is 1.53. The molecular weight excluding hydrogens is 873 g/mol. The van der Waals surface area contributed by atoms with Gasteiger partial charge in [-0.3, -0.25) is 0 Å². The molecule has 1 saturated carbocycles. The van der Waals surface area contributed by atoms with E-state index >= 15 is 0 Å². The molecule has 0 aromatic rings. The van der Waals surface area contributed by atoms with Crippen LogP contribution < -0.4 is 0 Å². The summed E-state index contributed by atoms with van der Waals surface area (Å²) in [6.07, 6.45) is 5.34. The Morgan fingerprint density at radius 1 is 0.421 bits per heavy atom. The van der Waals surface area contributed by atoms with Crippen LogP contribution in [0.4, 0.5) is 0 Å². The first-order chi connectivity index (χ1) is 26.4. The number of fused-ring (bicyclic) bond motifs is 1. The molecule has 11 atom stereocenters. The smallest absolute Gasteiger partial charge is 0.418 e. The molecule has 20 heteroatoms. The summed E-state index contributed by atoms with van der Waals surface area (Å²) in [5, 5.41) is 0. The molecule has 0 aromatic carbocycles. The average molecular weight is 952 g/mol. The molecule has 8 fully saturated rings. The molecule has 11 unspecified atom stereocenters. The fraction of sp³-hybridized carbons (Fsp3) is 1.00. The van der Waals surface area contributed by atoms with Crippen LogP contribution >= 0.6 is 0 Å². The van der Waals surface area contributed by atoms with Crippen LogP contribution in [0.3, 0.4) is 0 Å². The van der Waals surface area contributed by atoms with E-state index in [4.69, 9.17) is 45.9 Å². The summed E-state index contributed by atoms with van der Waals surface area (Å²) in [6.45, 7) is 32.0. The number of epoxide rings is 1. The van der Waals surface area contributed by atoms with Gasteiger partial charge in [-0.25, -0.2) is 0 Å². The van der Waals surface area contributed by atoms with Crippen molar-refractivity contribution in [2.75, 3.05) is 0 Å². The van der Waals surface area contributed by atoms with Crippen molar-refractivity contribution in [3.8, 4) is 0 Å². The highest BCUT2D eigenvalue weighted by Crippen LogP contribution is 2.56. The fourth-order valence-corrected chi connectivity index (χ4v) is 90.5. The predicted octanol–water partition coefficient (Wildman–Crippen LogP) is 9.53. The SMILES string of the molecule is CC(C)C[Si]12C[Si]3(CCC4CCC5OC5C4)O[Si]4(CC(C)C)O[Si](CC(C)C)(O1)O[Si]1(CC(C)C)O[Si](CC(C)C)(O4)O[Si](CC(C)C)(O3)O[Si](CC(C)C)(O2)[Si]1. The maximum absolute atomic E-state index is 8.32. The molecule has 7 heterocycles. The third kappa shape index (κ3) is 10.6. The van der Waals surface area contributed by atoms with Crippen molar-refractivity contribution in [3.63, 3.8) is 0 Å². The number of rotatable bonds is 17. The third-order valence-corrected chi connectivity index (χ3v) is 67.7. The summed E-state index contributed by atoms with van der Waals surface area (Å²) >= 11 is 0. The van der Waals surface area contributed by atoms with E-state index < -0.39 is 68.5 Å². The molecule has 7 aliphatic heterocycles. The Bertz CT molecular complexity index is 1270. The van der Waals surface area contributed by atoms with Gasteiger partial charge in [0.2, 0.25) is 0 Å². The van der Waals surface area contributed by atoms with Gasteiger partial charge in [0.1, 0.15) is 0 Å². The van der Waals surface area contributed by atoms with Gasteiger partial charge in [0.15, 0.2) is 8.55 Å². The highest BCUT2D eigenvalue weighted by molar-refractivity contribution is 7.50. The van der Waals surface area contributed by atoms with Crippen LogP contribution in [0.1, 0.15) is 123 Å². The first kappa shape index (κ1) is 46.5. The first-order valence-electron chi connectivity index (χ1n) is 22.9. The lowest BCUT2D eigenvalue weighted by Crippen LogP contribution is -2.89. The Morgan fingerprint density at radius 2 is 0.825 bits per heavy atom. The summed E-state index contributed by atoms with van der Waals surface area (Å²) in [5.74, 6) is 2.50. The molecule has 1 aliphatic carbocycles. The maximum atomic E-state index is 8.32. The monoisotopic (exact) mass is 950 g/mol. The molecule has 7 saturated heterocycles. The molecular formula is C37H78O11Si9. The van der Waals surface area contributed by atoms with Crippen molar-refractivity contribution in [1.82, 2.24) is 0 Å². The molecule has 11 nitrogen and oxygen atoms in total. The molecule has 2 radical (unpaired) electrons. The van der Waals surface area contributed by atoms with Crippen molar-refractivity contribution in [2.24, 2.45) is 47.3 Å². The number of ether oxygens (including phenoxy) is 1. The van der Waals surface area contributed by atoms with Gasteiger partial charge in [-0.2, -0.15) is 0 Å². The van der Waals surface area contributed by atoms with Gasteiger partial charge in [0, 0.05) is 29.8 Å². The van der Waals surface area contributed by atoms with Gasteiger partial charge in [-0.05, 0) is 97.2 Å². The zero-order valence-corrected chi connectivity index (χ0v) is 47.0. The van der Waals surface area contributed by atoms with Gasteiger partial charge in [-0.1, -0.05) is 96.9 Å². The van der Waals surface area contributed by atoms with Gasteiger partial charge in [0.25, 0.3) is 16.2 Å². The topological polar surface area (TPSA) is 105 Å². The van der Waals surface area contributed by atoms with Gasteiger partial charge in [0.05, 0.1) is 12.2 Å². The zero-order chi connectivity index (χ0) is 41.5.